The zero-order valence-corrected chi connectivity index (χ0v) is 20.9. The van der Waals surface area contributed by atoms with Crippen LogP contribution in [0.5, 0.6) is 0 Å². The van der Waals surface area contributed by atoms with E-state index in [9.17, 15) is 14.4 Å². The Bertz CT molecular complexity index is 1580. The molecule has 0 radical (unpaired) electrons. The number of H-pyrrole nitrogens is 1. The van der Waals surface area contributed by atoms with Gasteiger partial charge in [-0.1, -0.05) is 20.8 Å². The molecule has 0 aliphatic carbocycles. The number of piperazine rings is 1. The number of aryl methyl sites for hydroxylation is 2. The number of anilines is 1. The topological polar surface area (TPSA) is 134 Å². The van der Waals surface area contributed by atoms with Crippen molar-refractivity contribution in [1.29, 1.82) is 0 Å². The second kappa shape index (κ2) is 9.17. The molecule has 1 saturated heterocycles. The predicted molar refractivity (Wildman–Crippen MR) is 135 cm³/mol. The maximum absolute atomic E-state index is 13.8. The standard InChI is InChI=1S/C24H29N9O3/c1-5-6-32-20-19(21(34)29-24(32)36)16(12-17(28-20)14(2)3)22(35)31-9-7-30(8-10-31)18-11-15(4)27-23-25-13-26-33(18)23/h11-14H,5-10H2,1-4H3,(H,29,34,36). The molecule has 1 aliphatic rings. The molecule has 4 aromatic rings. The van der Waals surface area contributed by atoms with Crippen molar-refractivity contribution in [3.63, 3.8) is 0 Å². The number of carbonyl (C=O) groups excluding carboxylic acids is 1. The summed E-state index contributed by atoms with van der Waals surface area (Å²) in [5.74, 6) is 1.18. The third kappa shape index (κ3) is 4.01. The van der Waals surface area contributed by atoms with Gasteiger partial charge in [-0.05, 0) is 25.3 Å². The zero-order chi connectivity index (χ0) is 25.6. The molecule has 188 valence electrons. The van der Waals surface area contributed by atoms with Crippen LogP contribution in [0, 0.1) is 6.92 Å². The lowest BCUT2D eigenvalue weighted by molar-refractivity contribution is 0.0748. The predicted octanol–water partition coefficient (Wildman–Crippen LogP) is 1.33. The van der Waals surface area contributed by atoms with Crippen LogP contribution in [0.4, 0.5) is 5.82 Å². The van der Waals surface area contributed by atoms with E-state index in [1.54, 1.807) is 15.5 Å². The van der Waals surface area contributed by atoms with Gasteiger partial charge < -0.3 is 9.80 Å². The summed E-state index contributed by atoms with van der Waals surface area (Å²) in [5, 5.41) is 4.45. The summed E-state index contributed by atoms with van der Waals surface area (Å²) in [5.41, 5.74) is 0.946. The van der Waals surface area contributed by atoms with Crippen LogP contribution in [0.2, 0.25) is 0 Å². The highest BCUT2D eigenvalue weighted by molar-refractivity contribution is 6.05. The molecular weight excluding hydrogens is 462 g/mol. The van der Waals surface area contributed by atoms with Crippen molar-refractivity contribution < 1.29 is 4.79 Å². The molecule has 36 heavy (non-hydrogen) atoms. The maximum Gasteiger partial charge on any atom is 0.329 e. The molecule has 5 heterocycles. The van der Waals surface area contributed by atoms with Gasteiger partial charge in [0.2, 0.25) is 0 Å². The Balaban J connectivity index is 1.50. The number of rotatable bonds is 5. The first kappa shape index (κ1) is 23.6. The van der Waals surface area contributed by atoms with Crippen LogP contribution in [0.25, 0.3) is 16.8 Å². The largest absolute Gasteiger partial charge is 0.353 e. The molecule has 1 fully saturated rings. The average molecular weight is 492 g/mol. The van der Waals surface area contributed by atoms with E-state index in [0.29, 0.717) is 50.6 Å². The quantitative estimate of drug-likeness (QED) is 0.442. The number of aromatic nitrogens is 7. The van der Waals surface area contributed by atoms with Gasteiger partial charge >= 0.3 is 5.69 Å². The summed E-state index contributed by atoms with van der Waals surface area (Å²) in [6, 6.07) is 3.65. The molecule has 0 atom stereocenters. The molecule has 0 bridgehead atoms. The van der Waals surface area contributed by atoms with Crippen molar-refractivity contribution >= 4 is 28.5 Å². The van der Waals surface area contributed by atoms with Crippen LogP contribution in [0.3, 0.4) is 0 Å². The first-order valence-electron chi connectivity index (χ1n) is 12.2. The third-order valence-electron chi connectivity index (χ3n) is 6.49. The fourth-order valence-corrected chi connectivity index (χ4v) is 4.63. The maximum atomic E-state index is 13.8. The number of amides is 1. The molecule has 12 nitrogen and oxygen atoms in total. The molecule has 4 aromatic heterocycles. The Kier molecular flexibility index (Phi) is 6.02. The highest BCUT2D eigenvalue weighted by Crippen LogP contribution is 2.23. The van der Waals surface area contributed by atoms with Gasteiger partial charge in [0, 0.05) is 50.2 Å². The summed E-state index contributed by atoms with van der Waals surface area (Å²) in [4.78, 5) is 58.7. The third-order valence-corrected chi connectivity index (χ3v) is 6.49. The molecule has 0 unspecified atom stereocenters. The van der Waals surface area contributed by atoms with E-state index in [1.165, 1.54) is 10.9 Å². The van der Waals surface area contributed by atoms with Crippen LogP contribution >= 0.6 is 0 Å². The van der Waals surface area contributed by atoms with Crippen LogP contribution < -0.4 is 16.1 Å². The smallest absolute Gasteiger partial charge is 0.329 e. The minimum atomic E-state index is -0.590. The van der Waals surface area contributed by atoms with E-state index in [1.807, 2.05) is 33.8 Å². The van der Waals surface area contributed by atoms with Crippen LogP contribution in [0.1, 0.15) is 54.9 Å². The summed E-state index contributed by atoms with van der Waals surface area (Å²) in [6.45, 7) is 10.3. The van der Waals surface area contributed by atoms with Gasteiger partial charge in [-0.2, -0.15) is 14.6 Å². The fraction of sp³-hybridized carbons (Fsp3) is 0.458. The number of carbonyl (C=O) groups is 1. The Morgan fingerprint density at radius 3 is 2.56 bits per heavy atom. The number of nitrogens with zero attached hydrogens (tertiary/aromatic N) is 8. The summed E-state index contributed by atoms with van der Waals surface area (Å²) in [6.07, 6.45) is 2.16. The number of nitrogens with one attached hydrogen (secondary N) is 1. The molecule has 0 aromatic carbocycles. The van der Waals surface area contributed by atoms with E-state index >= 15 is 0 Å². The monoisotopic (exact) mass is 491 g/mol. The molecule has 0 saturated carbocycles. The summed E-state index contributed by atoms with van der Waals surface area (Å²) in [7, 11) is 0. The van der Waals surface area contributed by atoms with Crippen LogP contribution in [-0.4, -0.2) is 71.1 Å². The second-order valence-electron chi connectivity index (χ2n) is 9.37. The van der Waals surface area contributed by atoms with Crippen molar-refractivity contribution in [3.8, 4) is 0 Å². The SMILES string of the molecule is CCCn1c(=O)[nH]c(=O)c2c(C(=O)N3CCN(c4cc(C)nc5ncnn45)CC3)cc(C(C)C)nc21. The van der Waals surface area contributed by atoms with Crippen LogP contribution in [-0.2, 0) is 6.54 Å². The summed E-state index contributed by atoms with van der Waals surface area (Å²) >= 11 is 0. The minimum Gasteiger partial charge on any atom is -0.353 e. The van der Waals surface area contributed by atoms with Crippen molar-refractivity contribution in [3.05, 3.63) is 56.2 Å². The van der Waals surface area contributed by atoms with Crippen molar-refractivity contribution in [2.75, 3.05) is 31.1 Å². The van der Waals surface area contributed by atoms with Gasteiger partial charge in [-0.15, -0.1) is 0 Å². The number of pyridine rings is 1. The lowest BCUT2D eigenvalue weighted by Crippen LogP contribution is -2.49. The van der Waals surface area contributed by atoms with E-state index in [2.05, 4.69) is 29.9 Å². The molecule has 0 spiro atoms. The zero-order valence-electron chi connectivity index (χ0n) is 20.9. The van der Waals surface area contributed by atoms with E-state index < -0.39 is 11.2 Å². The molecule has 1 N–H and O–H groups in total. The molecule has 1 aliphatic heterocycles. The first-order chi connectivity index (χ1) is 17.3. The highest BCUT2D eigenvalue weighted by Gasteiger charge is 2.28. The normalized spacial score (nSPS) is 14.4. The van der Waals surface area contributed by atoms with Crippen molar-refractivity contribution in [2.24, 2.45) is 0 Å². The van der Waals surface area contributed by atoms with Gasteiger partial charge in [-0.25, -0.2) is 14.8 Å². The molecule has 12 heteroatoms. The molecule has 5 rings (SSSR count). The van der Waals surface area contributed by atoms with Crippen molar-refractivity contribution in [2.45, 2.75) is 46.6 Å². The second-order valence-corrected chi connectivity index (χ2v) is 9.37. The Labute approximate surface area is 206 Å². The van der Waals surface area contributed by atoms with Crippen molar-refractivity contribution in [1.82, 2.24) is 39.0 Å². The molecule has 1 amide bonds. The van der Waals surface area contributed by atoms with Gasteiger partial charge in [0.05, 0.1) is 10.9 Å². The lowest BCUT2D eigenvalue weighted by Gasteiger charge is -2.36. The first-order valence-corrected chi connectivity index (χ1v) is 12.2. The van der Waals surface area contributed by atoms with Gasteiger partial charge in [0.1, 0.15) is 12.1 Å². The van der Waals surface area contributed by atoms with Gasteiger partial charge in [-0.3, -0.25) is 19.1 Å². The van der Waals surface area contributed by atoms with Gasteiger partial charge in [0.15, 0.2) is 5.65 Å². The fourth-order valence-electron chi connectivity index (χ4n) is 4.63. The Morgan fingerprint density at radius 1 is 1.11 bits per heavy atom. The summed E-state index contributed by atoms with van der Waals surface area (Å²) < 4.78 is 3.15. The van der Waals surface area contributed by atoms with E-state index in [4.69, 9.17) is 0 Å². The Hall–Kier alpha value is -4.09. The number of aromatic amines is 1. The average Bonchev–Trinajstić information content (AvgIpc) is 3.33. The minimum absolute atomic E-state index is 0.0160. The molecular formula is C24H29N9O3. The Morgan fingerprint density at radius 2 is 1.86 bits per heavy atom. The lowest BCUT2D eigenvalue weighted by atomic mass is 10.0. The van der Waals surface area contributed by atoms with Crippen LogP contribution in [0.15, 0.2) is 28.0 Å². The number of hydrogen-bond acceptors (Lipinski definition) is 8. The number of fused-ring (bicyclic) bond motifs is 2. The highest BCUT2D eigenvalue weighted by atomic mass is 16.2. The van der Waals surface area contributed by atoms with E-state index in [-0.39, 0.29) is 28.4 Å². The van der Waals surface area contributed by atoms with Gasteiger partial charge in [0.25, 0.3) is 17.2 Å². The van der Waals surface area contributed by atoms with E-state index in [0.717, 1.165) is 11.5 Å². The number of hydrogen-bond donors (Lipinski definition) is 1.